The Morgan fingerprint density at radius 3 is 2.82 bits per heavy atom. The molecule has 1 fully saturated rings. The summed E-state index contributed by atoms with van der Waals surface area (Å²) in [4.78, 5) is 15.4. The molecule has 1 aromatic heterocycles. The molecule has 1 aromatic carbocycles. The van der Waals surface area contributed by atoms with E-state index in [0.717, 1.165) is 37.2 Å². The topological polar surface area (TPSA) is 25.2 Å². The molecule has 3 aliphatic rings. The molecule has 1 unspecified atom stereocenters. The van der Waals surface area contributed by atoms with Gasteiger partial charge in [0.2, 0.25) is 5.91 Å². The van der Waals surface area contributed by atoms with E-state index in [2.05, 4.69) is 33.7 Å². The van der Waals surface area contributed by atoms with Gasteiger partial charge >= 0.3 is 0 Å². The second kappa shape index (κ2) is 4.69. The molecule has 3 heteroatoms. The maximum atomic E-state index is 12.7. The number of para-hydroxylation sites is 1. The van der Waals surface area contributed by atoms with Gasteiger partial charge in [0, 0.05) is 30.6 Å². The van der Waals surface area contributed by atoms with Crippen molar-refractivity contribution in [1.29, 1.82) is 0 Å². The molecule has 0 N–H and O–H groups in total. The van der Waals surface area contributed by atoms with Crippen LogP contribution in [0.2, 0.25) is 0 Å². The molecule has 0 spiro atoms. The first-order valence-electron chi connectivity index (χ1n) is 8.72. The summed E-state index contributed by atoms with van der Waals surface area (Å²) in [6.07, 6.45) is 6.76. The highest BCUT2D eigenvalue weighted by Gasteiger charge is 2.37. The average molecular weight is 294 g/mol. The zero-order valence-electron chi connectivity index (χ0n) is 12.9. The van der Waals surface area contributed by atoms with E-state index in [1.165, 1.54) is 36.0 Å². The summed E-state index contributed by atoms with van der Waals surface area (Å²) in [5.74, 6) is 1.21. The van der Waals surface area contributed by atoms with Gasteiger partial charge in [-0.25, -0.2) is 0 Å². The van der Waals surface area contributed by atoms with Crippen molar-refractivity contribution in [2.45, 2.75) is 44.6 Å². The van der Waals surface area contributed by atoms with E-state index in [4.69, 9.17) is 0 Å². The van der Waals surface area contributed by atoms with Crippen molar-refractivity contribution in [2.75, 3.05) is 13.1 Å². The van der Waals surface area contributed by atoms with E-state index in [0.29, 0.717) is 18.4 Å². The number of fused-ring (bicyclic) bond motifs is 3. The van der Waals surface area contributed by atoms with Crippen molar-refractivity contribution in [3.63, 3.8) is 0 Å². The minimum absolute atomic E-state index is 0.299. The Kier molecular flexibility index (Phi) is 2.75. The number of hydrogen-bond donors (Lipinski definition) is 0. The second-order valence-electron chi connectivity index (χ2n) is 7.21. The lowest BCUT2D eigenvalue weighted by Crippen LogP contribution is -2.37. The van der Waals surface area contributed by atoms with Gasteiger partial charge in [0.05, 0.1) is 11.6 Å². The monoisotopic (exact) mass is 294 g/mol. The van der Waals surface area contributed by atoms with Crippen LogP contribution in [-0.2, 0) is 6.42 Å². The van der Waals surface area contributed by atoms with E-state index in [9.17, 15) is 4.79 Å². The quantitative estimate of drug-likeness (QED) is 0.842. The van der Waals surface area contributed by atoms with Gasteiger partial charge < -0.3 is 0 Å². The number of carbonyl (C=O) groups is 1. The standard InChI is InChI=1S/C19H22N2O/c22-18-7-3-6-17-19-15(10-11-20(17)12-13-8-9-13)14-4-1-2-5-16(14)21(18)19/h1-2,4-5,13,17H,3,6-12H2. The van der Waals surface area contributed by atoms with Gasteiger partial charge in [0.1, 0.15) is 0 Å². The predicted octanol–water partition coefficient (Wildman–Crippen LogP) is 3.77. The zero-order valence-corrected chi connectivity index (χ0v) is 12.9. The number of aromatic nitrogens is 1. The van der Waals surface area contributed by atoms with Crippen LogP contribution in [0.1, 0.15) is 54.2 Å². The van der Waals surface area contributed by atoms with Crippen LogP contribution in [0.5, 0.6) is 0 Å². The minimum atomic E-state index is 0.299. The molecule has 2 aliphatic heterocycles. The van der Waals surface area contributed by atoms with Crippen molar-refractivity contribution in [3.8, 4) is 0 Å². The van der Waals surface area contributed by atoms with Crippen LogP contribution in [0.3, 0.4) is 0 Å². The van der Waals surface area contributed by atoms with Gasteiger partial charge in [-0.1, -0.05) is 18.2 Å². The molecule has 1 atom stereocenters. The van der Waals surface area contributed by atoms with E-state index >= 15 is 0 Å². The van der Waals surface area contributed by atoms with Gasteiger partial charge in [0.15, 0.2) is 0 Å². The Morgan fingerprint density at radius 1 is 1.09 bits per heavy atom. The maximum Gasteiger partial charge on any atom is 0.231 e. The first-order chi connectivity index (χ1) is 10.8. The molecule has 5 rings (SSSR count). The van der Waals surface area contributed by atoms with Crippen molar-refractivity contribution in [1.82, 2.24) is 9.47 Å². The molecule has 2 aromatic rings. The SMILES string of the molecule is O=C1CCCC2c3c(c4ccccc4n31)CCN2CC1CC1. The fourth-order valence-electron chi connectivity index (χ4n) is 4.52. The van der Waals surface area contributed by atoms with Crippen LogP contribution in [0.15, 0.2) is 24.3 Å². The van der Waals surface area contributed by atoms with Crippen LogP contribution in [0.4, 0.5) is 0 Å². The molecule has 3 nitrogen and oxygen atoms in total. The van der Waals surface area contributed by atoms with Gasteiger partial charge in [-0.15, -0.1) is 0 Å². The van der Waals surface area contributed by atoms with Gasteiger partial charge in [0.25, 0.3) is 0 Å². The summed E-state index contributed by atoms with van der Waals surface area (Å²) in [5.41, 5.74) is 3.91. The summed E-state index contributed by atoms with van der Waals surface area (Å²) in [6, 6.07) is 8.95. The Bertz CT molecular complexity index is 756. The number of carbonyl (C=O) groups excluding carboxylic acids is 1. The third kappa shape index (κ3) is 1.81. The predicted molar refractivity (Wildman–Crippen MR) is 87.2 cm³/mol. The minimum Gasteiger partial charge on any atom is -0.294 e. The van der Waals surface area contributed by atoms with Crippen LogP contribution in [0.25, 0.3) is 10.9 Å². The first kappa shape index (κ1) is 12.9. The van der Waals surface area contributed by atoms with Crippen LogP contribution in [0, 0.1) is 5.92 Å². The van der Waals surface area contributed by atoms with E-state index in [-0.39, 0.29) is 0 Å². The zero-order chi connectivity index (χ0) is 14.7. The molecule has 1 saturated carbocycles. The molecule has 22 heavy (non-hydrogen) atoms. The van der Waals surface area contributed by atoms with Crippen LogP contribution in [-0.4, -0.2) is 28.5 Å². The Labute approximate surface area is 130 Å². The van der Waals surface area contributed by atoms with Gasteiger partial charge in [-0.05, 0) is 49.7 Å². The molecule has 0 saturated heterocycles. The maximum absolute atomic E-state index is 12.7. The number of rotatable bonds is 2. The molecule has 114 valence electrons. The van der Waals surface area contributed by atoms with Crippen molar-refractivity contribution in [2.24, 2.45) is 5.92 Å². The number of nitrogens with zero attached hydrogens (tertiary/aromatic N) is 2. The van der Waals surface area contributed by atoms with Crippen LogP contribution < -0.4 is 0 Å². The molecule has 0 bridgehead atoms. The van der Waals surface area contributed by atoms with Crippen LogP contribution >= 0.6 is 0 Å². The lowest BCUT2D eigenvalue weighted by Gasteiger charge is -2.36. The summed E-state index contributed by atoms with van der Waals surface area (Å²) >= 11 is 0. The van der Waals surface area contributed by atoms with Crippen molar-refractivity contribution in [3.05, 3.63) is 35.5 Å². The fourth-order valence-corrected chi connectivity index (χ4v) is 4.52. The second-order valence-corrected chi connectivity index (χ2v) is 7.21. The molecule has 3 heterocycles. The molecule has 0 amide bonds. The summed E-state index contributed by atoms with van der Waals surface area (Å²) in [5, 5.41) is 1.31. The lowest BCUT2D eigenvalue weighted by atomic mass is 9.94. The van der Waals surface area contributed by atoms with E-state index in [1.54, 1.807) is 0 Å². The smallest absolute Gasteiger partial charge is 0.231 e. The Morgan fingerprint density at radius 2 is 1.95 bits per heavy atom. The summed E-state index contributed by atoms with van der Waals surface area (Å²) in [7, 11) is 0. The summed E-state index contributed by atoms with van der Waals surface area (Å²) < 4.78 is 2.07. The van der Waals surface area contributed by atoms with E-state index in [1.807, 2.05) is 0 Å². The Hall–Kier alpha value is -1.61. The first-order valence-corrected chi connectivity index (χ1v) is 8.72. The highest BCUT2D eigenvalue weighted by Crippen LogP contribution is 2.43. The molecular weight excluding hydrogens is 272 g/mol. The Balaban J connectivity index is 1.71. The highest BCUT2D eigenvalue weighted by atomic mass is 16.2. The lowest BCUT2D eigenvalue weighted by molar-refractivity contribution is 0.0906. The largest absolute Gasteiger partial charge is 0.294 e. The normalized spacial score (nSPS) is 25.3. The third-order valence-electron chi connectivity index (χ3n) is 5.73. The third-order valence-corrected chi connectivity index (χ3v) is 5.73. The van der Waals surface area contributed by atoms with Crippen molar-refractivity contribution < 1.29 is 4.79 Å². The fraction of sp³-hybridized carbons (Fsp3) is 0.526. The van der Waals surface area contributed by atoms with Gasteiger partial charge in [-0.3, -0.25) is 14.3 Å². The number of benzene rings is 1. The van der Waals surface area contributed by atoms with Crippen molar-refractivity contribution >= 4 is 16.8 Å². The van der Waals surface area contributed by atoms with Gasteiger partial charge in [-0.2, -0.15) is 0 Å². The summed E-state index contributed by atoms with van der Waals surface area (Å²) in [6.45, 7) is 2.40. The molecule has 0 radical (unpaired) electrons. The molecular formula is C19H22N2O. The molecule has 1 aliphatic carbocycles. The van der Waals surface area contributed by atoms with E-state index < -0.39 is 0 Å². The number of hydrogen-bond acceptors (Lipinski definition) is 2. The highest BCUT2D eigenvalue weighted by molar-refractivity contribution is 5.96. The average Bonchev–Trinajstić information content (AvgIpc) is 3.30.